The van der Waals surface area contributed by atoms with Gasteiger partial charge in [-0.3, -0.25) is 4.79 Å². The third-order valence-electron chi connectivity index (χ3n) is 4.21. The normalized spacial score (nSPS) is 16.6. The van der Waals surface area contributed by atoms with Crippen LogP contribution in [0.3, 0.4) is 0 Å². The number of ether oxygens (including phenoxy) is 1. The first-order valence-corrected chi connectivity index (χ1v) is 8.57. The number of aryl methyl sites for hydroxylation is 1. The van der Waals surface area contributed by atoms with Crippen molar-refractivity contribution in [2.45, 2.75) is 44.8 Å². The topological polar surface area (TPSA) is 70.6 Å². The zero-order chi connectivity index (χ0) is 17.5. The van der Waals surface area contributed by atoms with Crippen molar-refractivity contribution < 1.29 is 19.0 Å². The first-order valence-electron chi connectivity index (χ1n) is 8.57. The van der Waals surface area contributed by atoms with Crippen molar-refractivity contribution in [3.63, 3.8) is 0 Å². The summed E-state index contributed by atoms with van der Waals surface area (Å²) in [7, 11) is 1.90. The Kier molecular flexibility index (Phi) is 6.99. The van der Waals surface area contributed by atoms with Crippen LogP contribution < -0.4 is 15.4 Å². The summed E-state index contributed by atoms with van der Waals surface area (Å²) >= 11 is 0. The van der Waals surface area contributed by atoms with Crippen LogP contribution in [0.4, 0.5) is 4.39 Å². The highest BCUT2D eigenvalue weighted by Crippen LogP contribution is 2.32. The standard InChI is InChI=1S/C18H27FN2O3/c1-12(11-21-17(18(22)23)14-5-6-14)24-16-10-15(19)8-7-13(16)4-3-9-20-2/h7-8,10,12,14,17,20-21H,3-6,9,11H2,1-2H3,(H,22,23)/t12-,17+/m1/s1. The summed E-state index contributed by atoms with van der Waals surface area (Å²) in [6.45, 7) is 3.16. The quantitative estimate of drug-likeness (QED) is 0.540. The molecule has 3 N–H and O–H groups in total. The Morgan fingerprint density at radius 1 is 1.46 bits per heavy atom. The number of aliphatic carboxylic acids is 1. The maximum absolute atomic E-state index is 13.5. The highest BCUT2D eigenvalue weighted by atomic mass is 19.1. The van der Waals surface area contributed by atoms with Gasteiger partial charge >= 0.3 is 5.97 Å². The van der Waals surface area contributed by atoms with Gasteiger partial charge in [0.1, 0.15) is 23.7 Å². The molecule has 0 aliphatic heterocycles. The summed E-state index contributed by atoms with van der Waals surface area (Å²) in [5.74, 6) is -0.383. The van der Waals surface area contributed by atoms with Gasteiger partial charge < -0.3 is 20.5 Å². The minimum atomic E-state index is -0.816. The Hall–Kier alpha value is -1.66. The molecule has 0 spiro atoms. The van der Waals surface area contributed by atoms with E-state index in [4.69, 9.17) is 4.74 Å². The molecule has 2 atom stereocenters. The van der Waals surface area contributed by atoms with E-state index < -0.39 is 12.0 Å². The Morgan fingerprint density at radius 3 is 2.83 bits per heavy atom. The van der Waals surface area contributed by atoms with Gasteiger partial charge in [-0.05, 0) is 63.7 Å². The number of carboxylic acid groups (broad SMARTS) is 1. The van der Waals surface area contributed by atoms with Crippen molar-refractivity contribution in [2.24, 2.45) is 5.92 Å². The third kappa shape index (κ3) is 5.76. The maximum atomic E-state index is 13.5. The van der Waals surface area contributed by atoms with E-state index in [0.29, 0.717) is 12.3 Å². The molecule has 2 rings (SSSR count). The monoisotopic (exact) mass is 338 g/mol. The lowest BCUT2D eigenvalue weighted by Gasteiger charge is -2.20. The number of rotatable bonds is 11. The van der Waals surface area contributed by atoms with Crippen molar-refractivity contribution >= 4 is 5.97 Å². The van der Waals surface area contributed by atoms with Gasteiger partial charge in [0, 0.05) is 12.6 Å². The summed E-state index contributed by atoms with van der Waals surface area (Å²) in [5, 5.41) is 15.4. The SMILES string of the molecule is CNCCCc1ccc(F)cc1O[C@H](C)CN[C@H](C(=O)O)C1CC1. The van der Waals surface area contributed by atoms with Gasteiger partial charge in [-0.25, -0.2) is 4.39 Å². The first kappa shape index (κ1) is 18.7. The Balaban J connectivity index is 1.90. The Labute approximate surface area is 142 Å². The van der Waals surface area contributed by atoms with Crippen molar-refractivity contribution in [1.82, 2.24) is 10.6 Å². The highest BCUT2D eigenvalue weighted by Gasteiger charge is 2.36. The lowest BCUT2D eigenvalue weighted by atomic mass is 10.1. The average molecular weight is 338 g/mol. The number of nitrogens with one attached hydrogen (secondary N) is 2. The number of carboxylic acids is 1. The molecule has 1 aliphatic rings. The first-order chi connectivity index (χ1) is 11.5. The molecule has 0 heterocycles. The molecule has 134 valence electrons. The molecule has 0 amide bonds. The fourth-order valence-corrected chi connectivity index (χ4v) is 2.74. The minimum Gasteiger partial charge on any atom is -0.489 e. The van der Waals surface area contributed by atoms with Crippen molar-refractivity contribution in [3.8, 4) is 5.75 Å². The van der Waals surface area contributed by atoms with E-state index in [1.807, 2.05) is 14.0 Å². The van der Waals surface area contributed by atoms with Gasteiger partial charge in [-0.2, -0.15) is 0 Å². The highest BCUT2D eigenvalue weighted by molar-refractivity contribution is 5.74. The van der Waals surface area contributed by atoms with Gasteiger partial charge in [-0.15, -0.1) is 0 Å². The predicted molar refractivity (Wildman–Crippen MR) is 90.9 cm³/mol. The lowest BCUT2D eigenvalue weighted by molar-refractivity contribution is -0.140. The van der Waals surface area contributed by atoms with Crippen LogP contribution in [0.2, 0.25) is 0 Å². The zero-order valence-electron chi connectivity index (χ0n) is 14.3. The second-order valence-electron chi connectivity index (χ2n) is 6.45. The molecule has 1 saturated carbocycles. The van der Waals surface area contributed by atoms with Crippen LogP contribution in [0.15, 0.2) is 18.2 Å². The third-order valence-corrected chi connectivity index (χ3v) is 4.21. The number of benzene rings is 1. The molecule has 0 radical (unpaired) electrons. The second-order valence-corrected chi connectivity index (χ2v) is 6.45. The molecule has 1 aromatic carbocycles. The molecule has 5 nitrogen and oxygen atoms in total. The number of halogens is 1. The summed E-state index contributed by atoms with van der Waals surface area (Å²) in [6.07, 6.45) is 3.41. The van der Waals surface area contributed by atoms with Crippen LogP contribution in [0.25, 0.3) is 0 Å². The molecule has 1 aromatic rings. The van der Waals surface area contributed by atoms with Gasteiger partial charge in [0.15, 0.2) is 0 Å². The van der Waals surface area contributed by atoms with Crippen LogP contribution in [-0.4, -0.2) is 43.4 Å². The van der Waals surface area contributed by atoms with Crippen LogP contribution in [0.1, 0.15) is 31.7 Å². The zero-order valence-corrected chi connectivity index (χ0v) is 14.3. The largest absolute Gasteiger partial charge is 0.489 e. The molecule has 1 fully saturated rings. The van der Waals surface area contributed by atoms with Gasteiger partial charge in [0.25, 0.3) is 0 Å². The number of carbonyl (C=O) groups is 1. The van der Waals surface area contributed by atoms with E-state index in [2.05, 4.69) is 10.6 Å². The Bertz CT molecular complexity index is 549. The van der Waals surface area contributed by atoms with E-state index >= 15 is 0 Å². The Morgan fingerprint density at radius 2 is 2.21 bits per heavy atom. The lowest BCUT2D eigenvalue weighted by Crippen LogP contribution is -2.43. The van der Waals surface area contributed by atoms with E-state index in [9.17, 15) is 14.3 Å². The second kappa shape index (κ2) is 8.99. The maximum Gasteiger partial charge on any atom is 0.320 e. The number of hydrogen-bond donors (Lipinski definition) is 3. The van der Waals surface area contributed by atoms with E-state index in [1.165, 1.54) is 12.1 Å². The van der Waals surface area contributed by atoms with Gasteiger partial charge in [0.05, 0.1) is 0 Å². The van der Waals surface area contributed by atoms with Crippen molar-refractivity contribution in [3.05, 3.63) is 29.6 Å². The van der Waals surface area contributed by atoms with Gasteiger partial charge in [0.2, 0.25) is 0 Å². The van der Waals surface area contributed by atoms with Crippen LogP contribution in [0.5, 0.6) is 5.75 Å². The molecule has 0 saturated heterocycles. The predicted octanol–water partition coefficient (Wildman–Crippen LogP) is 2.20. The van der Waals surface area contributed by atoms with Crippen LogP contribution in [0, 0.1) is 11.7 Å². The molecular formula is C18H27FN2O3. The molecule has 0 unspecified atom stereocenters. The van der Waals surface area contributed by atoms with E-state index in [1.54, 1.807) is 6.07 Å². The fraction of sp³-hybridized carbons (Fsp3) is 0.611. The van der Waals surface area contributed by atoms with E-state index in [0.717, 1.165) is 37.8 Å². The molecule has 24 heavy (non-hydrogen) atoms. The van der Waals surface area contributed by atoms with E-state index in [-0.39, 0.29) is 17.8 Å². The fourth-order valence-electron chi connectivity index (χ4n) is 2.74. The summed E-state index contributed by atoms with van der Waals surface area (Å²) in [5.41, 5.74) is 0.968. The molecule has 0 aromatic heterocycles. The van der Waals surface area contributed by atoms with Crippen LogP contribution >= 0.6 is 0 Å². The molecule has 6 heteroatoms. The summed E-state index contributed by atoms with van der Waals surface area (Å²) in [4.78, 5) is 11.2. The minimum absolute atomic E-state index is 0.223. The average Bonchev–Trinajstić information content (AvgIpc) is 3.34. The van der Waals surface area contributed by atoms with Crippen LogP contribution in [-0.2, 0) is 11.2 Å². The van der Waals surface area contributed by atoms with Crippen molar-refractivity contribution in [1.29, 1.82) is 0 Å². The summed E-state index contributed by atoms with van der Waals surface area (Å²) < 4.78 is 19.4. The molecular weight excluding hydrogens is 311 g/mol. The van der Waals surface area contributed by atoms with Gasteiger partial charge in [-0.1, -0.05) is 6.07 Å². The summed E-state index contributed by atoms with van der Waals surface area (Å²) in [6, 6.07) is 4.09. The number of hydrogen-bond acceptors (Lipinski definition) is 4. The molecule has 1 aliphatic carbocycles. The molecule has 0 bridgehead atoms. The van der Waals surface area contributed by atoms with Crippen molar-refractivity contribution in [2.75, 3.05) is 20.1 Å². The smallest absolute Gasteiger partial charge is 0.320 e.